The standard InChI is InChI=1S/C25H40N4O5/c1-21(30)29-9-7-27(8-10-29)19-25(31)5-6-28(20-25)18-22-3-4-23(24(17-22)32-2)34-16-13-26-11-14-33-15-12-26/h3-4,17,31H,5-16,18-20H2,1-2H3/t25-/m1/s1. The third-order valence-corrected chi connectivity index (χ3v) is 7.15. The zero-order chi connectivity index (χ0) is 24.0. The van der Waals surface area contributed by atoms with Crippen molar-refractivity contribution in [1.29, 1.82) is 0 Å². The van der Waals surface area contributed by atoms with Gasteiger partial charge in [-0.15, -0.1) is 0 Å². The topological polar surface area (TPSA) is 78.0 Å². The maximum absolute atomic E-state index is 11.5. The van der Waals surface area contributed by atoms with Crippen LogP contribution in [0.3, 0.4) is 0 Å². The van der Waals surface area contributed by atoms with Crippen molar-refractivity contribution in [2.45, 2.75) is 25.5 Å². The zero-order valence-corrected chi connectivity index (χ0v) is 20.7. The number of likely N-dealkylation sites (tertiary alicyclic amines) is 1. The van der Waals surface area contributed by atoms with E-state index in [-0.39, 0.29) is 5.91 Å². The van der Waals surface area contributed by atoms with Crippen LogP contribution in [0, 0.1) is 0 Å². The summed E-state index contributed by atoms with van der Waals surface area (Å²) in [6.07, 6.45) is 0.764. The fourth-order valence-corrected chi connectivity index (χ4v) is 5.14. The second kappa shape index (κ2) is 11.7. The molecule has 1 N–H and O–H groups in total. The molecule has 0 bridgehead atoms. The molecule has 1 aromatic carbocycles. The average Bonchev–Trinajstić information content (AvgIpc) is 3.20. The van der Waals surface area contributed by atoms with Gasteiger partial charge < -0.3 is 24.2 Å². The first kappa shape index (κ1) is 25.2. The van der Waals surface area contributed by atoms with Gasteiger partial charge in [0.2, 0.25) is 5.91 Å². The molecule has 34 heavy (non-hydrogen) atoms. The minimum Gasteiger partial charge on any atom is -0.493 e. The van der Waals surface area contributed by atoms with Crippen molar-refractivity contribution >= 4 is 5.91 Å². The van der Waals surface area contributed by atoms with E-state index in [0.717, 1.165) is 95.6 Å². The van der Waals surface area contributed by atoms with Gasteiger partial charge in [0, 0.05) is 78.9 Å². The highest BCUT2D eigenvalue weighted by Crippen LogP contribution is 2.30. The highest BCUT2D eigenvalue weighted by Gasteiger charge is 2.38. The Morgan fingerprint density at radius 2 is 1.79 bits per heavy atom. The number of hydrogen-bond acceptors (Lipinski definition) is 8. The first-order chi connectivity index (χ1) is 16.4. The van der Waals surface area contributed by atoms with Crippen molar-refractivity contribution in [3.8, 4) is 11.5 Å². The van der Waals surface area contributed by atoms with Crippen molar-refractivity contribution in [3.63, 3.8) is 0 Å². The Bertz CT molecular complexity index is 810. The Morgan fingerprint density at radius 1 is 1.03 bits per heavy atom. The number of rotatable bonds is 9. The lowest BCUT2D eigenvalue weighted by molar-refractivity contribution is -0.130. The maximum atomic E-state index is 11.5. The SMILES string of the molecule is COc1cc(CN2CC[C@@](O)(CN3CCN(C(C)=O)CC3)C2)ccc1OCCN1CCOCC1. The van der Waals surface area contributed by atoms with Crippen molar-refractivity contribution in [3.05, 3.63) is 23.8 Å². The van der Waals surface area contributed by atoms with Crippen LogP contribution in [-0.4, -0.2) is 129 Å². The van der Waals surface area contributed by atoms with E-state index in [1.165, 1.54) is 0 Å². The van der Waals surface area contributed by atoms with E-state index in [4.69, 9.17) is 14.2 Å². The Labute approximate surface area is 203 Å². The van der Waals surface area contributed by atoms with Gasteiger partial charge >= 0.3 is 0 Å². The second-order valence-electron chi connectivity index (χ2n) is 9.75. The summed E-state index contributed by atoms with van der Waals surface area (Å²) in [6.45, 7) is 12.7. The summed E-state index contributed by atoms with van der Waals surface area (Å²) < 4.78 is 17.0. The van der Waals surface area contributed by atoms with Crippen molar-refractivity contribution in [2.75, 3.05) is 92.4 Å². The average molecular weight is 477 g/mol. The smallest absolute Gasteiger partial charge is 0.219 e. The third kappa shape index (κ3) is 6.82. The van der Waals surface area contributed by atoms with Gasteiger partial charge in [-0.1, -0.05) is 6.07 Å². The van der Waals surface area contributed by atoms with Gasteiger partial charge in [0.15, 0.2) is 11.5 Å². The van der Waals surface area contributed by atoms with E-state index >= 15 is 0 Å². The Hall–Kier alpha value is -1.91. The number of hydrogen-bond donors (Lipinski definition) is 1. The largest absolute Gasteiger partial charge is 0.493 e. The monoisotopic (exact) mass is 476 g/mol. The van der Waals surface area contributed by atoms with Crippen LogP contribution in [0.1, 0.15) is 18.9 Å². The van der Waals surface area contributed by atoms with Crippen LogP contribution in [-0.2, 0) is 16.1 Å². The molecule has 3 fully saturated rings. The van der Waals surface area contributed by atoms with Gasteiger partial charge in [0.25, 0.3) is 0 Å². The number of nitrogens with zero attached hydrogens (tertiary/aromatic N) is 4. The number of β-amino-alcohol motifs (C(OH)–C–C–N with tert-alkyl or cyclic N) is 1. The molecule has 4 rings (SSSR count). The number of ether oxygens (including phenoxy) is 3. The molecule has 0 saturated carbocycles. The van der Waals surface area contributed by atoms with E-state index in [1.54, 1.807) is 14.0 Å². The summed E-state index contributed by atoms with van der Waals surface area (Å²) >= 11 is 0. The lowest BCUT2D eigenvalue weighted by Gasteiger charge is -2.38. The van der Waals surface area contributed by atoms with Crippen LogP contribution in [0.15, 0.2) is 18.2 Å². The van der Waals surface area contributed by atoms with E-state index in [9.17, 15) is 9.90 Å². The molecule has 0 aromatic heterocycles. The number of benzene rings is 1. The fourth-order valence-electron chi connectivity index (χ4n) is 5.14. The molecule has 1 amide bonds. The summed E-state index contributed by atoms with van der Waals surface area (Å²) in [5.41, 5.74) is 0.446. The van der Waals surface area contributed by atoms with Crippen molar-refractivity contribution in [1.82, 2.24) is 19.6 Å². The second-order valence-corrected chi connectivity index (χ2v) is 9.75. The van der Waals surface area contributed by atoms with Crippen LogP contribution in [0.25, 0.3) is 0 Å². The molecule has 0 spiro atoms. The molecular weight excluding hydrogens is 436 g/mol. The molecular formula is C25H40N4O5. The number of aliphatic hydroxyl groups is 1. The lowest BCUT2D eigenvalue weighted by atomic mass is 10.0. The molecule has 9 nitrogen and oxygen atoms in total. The first-order valence-corrected chi connectivity index (χ1v) is 12.5. The number of piperazine rings is 1. The minimum absolute atomic E-state index is 0.134. The van der Waals surface area contributed by atoms with Gasteiger partial charge in [0.1, 0.15) is 6.61 Å². The maximum Gasteiger partial charge on any atom is 0.219 e. The quantitative estimate of drug-likeness (QED) is 0.553. The van der Waals surface area contributed by atoms with Crippen LogP contribution >= 0.6 is 0 Å². The van der Waals surface area contributed by atoms with E-state index < -0.39 is 5.60 Å². The molecule has 1 atom stereocenters. The van der Waals surface area contributed by atoms with Gasteiger partial charge in [-0.2, -0.15) is 0 Å². The summed E-state index contributed by atoms with van der Waals surface area (Å²) in [4.78, 5) is 20.4. The van der Waals surface area contributed by atoms with E-state index in [1.807, 2.05) is 17.0 Å². The van der Waals surface area contributed by atoms with Crippen molar-refractivity contribution in [2.24, 2.45) is 0 Å². The molecule has 3 saturated heterocycles. The molecule has 9 heteroatoms. The zero-order valence-electron chi connectivity index (χ0n) is 20.7. The van der Waals surface area contributed by atoms with Crippen LogP contribution in [0.5, 0.6) is 11.5 Å². The Kier molecular flexibility index (Phi) is 8.65. The number of amides is 1. The summed E-state index contributed by atoms with van der Waals surface area (Å²) in [7, 11) is 1.68. The number of morpholine rings is 1. The molecule has 0 unspecified atom stereocenters. The highest BCUT2D eigenvalue weighted by atomic mass is 16.5. The third-order valence-electron chi connectivity index (χ3n) is 7.15. The Morgan fingerprint density at radius 3 is 2.50 bits per heavy atom. The summed E-state index contributed by atoms with van der Waals surface area (Å²) in [5, 5.41) is 11.2. The molecule has 190 valence electrons. The van der Waals surface area contributed by atoms with Gasteiger partial charge in [-0.3, -0.25) is 19.5 Å². The van der Waals surface area contributed by atoms with Gasteiger partial charge in [-0.25, -0.2) is 0 Å². The predicted octanol–water partition coefficient (Wildman–Crippen LogP) is 0.507. The number of carbonyl (C=O) groups is 1. The fraction of sp³-hybridized carbons (Fsp3) is 0.720. The predicted molar refractivity (Wildman–Crippen MR) is 129 cm³/mol. The molecule has 3 aliphatic rings. The van der Waals surface area contributed by atoms with Crippen LogP contribution in [0.4, 0.5) is 0 Å². The molecule has 3 heterocycles. The summed E-state index contributed by atoms with van der Waals surface area (Å²) in [5.74, 6) is 1.65. The number of carbonyl (C=O) groups excluding carboxylic acids is 1. The first-order valence-electron chi connectivity index (χ1n) is 12.5. The minimum atomic E-state index is -0.703. The van der Waals surface area contributed by atoms with Crippen molar-refractivity contribution < 1.29 is 24.1 Å². The van der Waals surface area contributed by atoms with Gasteiger partial charge in [0.05, 0.1) is 25.9 Å². The molecule has 0 radical (unpaired) electrons. The van der Waals surface area contributed by atoms with E-state index in [0.29, 0.717) is 19.7 Å². The molecule has 0 aliphatic carbocycles. The van der Waals surface area contributed by atoms with Crippen LogP contribution < -0.4 is 9.47 Å². The lowest BCUT2D eigenvalue weighted by Crippen LogP contribution is -2.53. The normalized spacial score (nSPS) is 25.0. The highest BCUT2D eigenvalue weighted by molar-refractivity contribution is 5.73. The molecule has 1 aromatic rings. The molecule has 3 aliphatic heterocycles. The van der Waals surface area contributed by atoms with E-state index in [2.05, 4.69) is 20.8 Å². The van der Waals surface area contributed by atoms with Gasteiger partial charge in [-0.05, 0) is 24.1 Å². The van der Waals surface area contributed by atoms with Crippen LogP contribution in [0.2, 0.25) is 0 Å². The number of methoxy groups -OCH3 is 1. The Balaban J connectivity index is 1.24. The summed E-state index contributed by atoms with van der Waals surface area (Å²) in [6, 6.07) is 6.12.